The number of alkyl halides is 3. The molecule has 3 aromatic rings. The molecule has 1 saturated carbocycles. The Labute approximate surface area is 238 Å². The molecule has 216 valence electrons. The number of halogens is 5. The van der Waals surface area contributed by atoms with Crippen molar-refractivity contribution in [2.24, 2.45) is 5.73 Å². The molecule has 1 heterocycles. The second-order valence-electron chi connectivity index (χ2n) is 8.62. The predicted octanol–water partition coefficient (Wildman–Crippen LogP) is 3.75. The fraction of sp³-hybridized carbons (Fsp3) is 0.304. The summed E-state index contributed by atoms with van der Waals surface area (Å²) in [4.78, 5) is 24.4. The fourth-order valence-electron chi connectivity index (χ4n) is 3.51. The molecule has 0 atom stereocenters. The van der Waals surface area contributed by atoms with Crippen LogP contribution in [-0.4, -0.2) is 54.4 Å². The van der Waals surface area contributed by atoms with Crippen LogP contribution >= 0.6 is 24.0 Å². The molecule has 1 amide bonds. The number of aromatic nitrogens is 3. The van der Waals surface area contributed by atoms with Crippen LogP contribution in [0.25, 0.3) is 0 Å². The molecule has 0 aliphatic heterocycles. The van der Waals surface area contributed by atoms with Crippen molar-refractivity contribution in [1.82, 2.24) is 19.7 Å². The van der Waals surface area contributed by atoms with E-state index in [0.717, 1.165) is 18.4 Å². The van der Waals surface area contributed by atoms with E-state index in [1.54, 1.807) is 12.1 Å². The minimum absolute atomic E-state index is 0. The molecule has 0 unspecified atom stereocenters. The first-order valence-corrected chi connectivity index (χ1v) is 13.5. The maximum Gasteiger partial charge on any atom is 0.422 e. The van der Waals surface area contributed by atoms with Gasteiger partial charge in [-0.05, 0) is 54.8 Å². The molecule has 1 aliphatic carbocycles. The topological polar surface area (TPSA) is 161 Å². The summed E-state index contributed by atoms with van der Waals surface area (Å²) in [5.74, 6) is -1.40. The van der Waals surface area contributed by atoms with Gasteiger partial charge in [-0.2, -0.15) is 28.1 Å². The molecule has 17 heteroatoms. The number of amides is 1. The monoisotopic (exact) mass is 621 g/mol. The van der Waals surface area contributed by atoms with Crippen LogP contribution in [0.1, 0.15) is 28.8 Å². The van der Waals surface area contributed by atoms with Gasteiger partial charge in [0, 0.05) is 22.8 Å². The number of benzene rings is 2. The van der Waals surface area contributed by atoms with Crippen molar-refractivity contribution in [3.8, 4) is 6.01 Å². The molecule has 11 nitrogen and oxygen atoms in total. The average molecular weight is 622 g/mol. The smallest absolute Gasteiger partial charge is 0.422 e. The molecular weight excluding hydrogens is 598 g/mol. The van der Waals surface area contributed by atoms with Crippen LogP contribution in [0.2, 0.25) is 5.02 Å². The Morgan fingerprint density at radius 1 is 1.02 bits per heavy atom. The maximum absolute atomic E-state index is 12.8. The number of anilines is 3. The highest BCUT2D eigenvalue weighted by Gasteiger charge is 2.45. The summed E-state index contributed by atoms with van der Waals surface area (Å²) in [6.07, 6.45) is -3.15. The molecule has 0 radical (unpaired) electrons. The minimum atomic E-state index is -4.61. The van der Waals surface area contributed by atoms with Crippen LogP contribution in [0.3, 0.4) is 0 Å². The van der Waals surface area contributed by atoms with Crippen molar-refractivity contribution >= 4 is 57.5 Å². The number of nitrogens with two attached hydrogens (primary N) is 1. The lowest BCUT2D eigenvalue weighted by molar-refractivity contribution is -0.154. The molecule has 0 spiro atoms. The zero-order chi connectivity index (χ0) is 28.3. The van der Waals surface area contributed by atoms with E-state index in [1.165, 1.54) is 24.3 Å². The first kappa shape index (κ1) is 31.1. The quantitative estimate of drug-likeness (QED) is 0.248. The van der Waals surface area contributed by atoms with Crippen LogP contribution in [0, 0.1) is 0 Å². The zero-order valence-electron chi connectivity index (χ0n) is 20.5. The Hall–Kier alpha value is -3.40. The van der Waals surface area contributed by atoms with Gasteiger partial charge in [-0.1, -0.05) is 23.7 Å². The van der Waals surface area contributed by atoms with E-state index in [2.05, 4.69) is 25.6 Å². The lowest BCUT2D eigenvalue weighted by atomic mass is 10.1. The van der Waals surface area contributed by atoms with Gasteiger partial charge in [-0.25, -0.2) is 13.1 Å². The van der Waals surface area contributed by atoms with Gasteiger partial charge in [0.2, 0.25) is 21.9 Å². The molecule has 4 rings (SSSR count). The molecule has 0 saturated heterocycles. The summed E-state index contributed by atoms with van der Waals surface area (Å²) >= 11 is 5.98. The van der Waals surface area contributed by atoms with E-state index in [0.29, 0.717) is 10.7 Å². The van der Waals surface area contributed by atoms with Gasteiger partial charge in [0.25, 0.3) is 5.91 Å². The summed E-state index contributed by atoms with van der Waals surface area (Å²) in [6.45, 7) is -1.75. The summed E-state index contributed by atoms with van der Waals surface area (Å²) in [7, 11) is -3.87. The highest BCUT2D eigenvalue weighted by Crippen LogP contribution is 2.48. The highest BCUT2D eigenvalue weighted by atomic mass is 35.5. The van der Waals surface area contributed by atoms with Crippen molar-refractivity contribution in [3.05, 3.63) is 64.7 Å². The second-order valence-corrected chi connectivity index (χ2v) is 10.9. The van der Waals surface area contributed by atoms with Gasteiger partial charge >= 0.3 is 12.2 Å². The van der Waals surface area contributed by atoms with Crippen molar-refractivity contribution in [2.45, 2.75) is 24.6 Å². The minimum Gasteiger partial charge on any atom is -0.454 e. The van der Waals surface area contributed by atoms with E-state index < -0.39 is 46.0 Å². The molecule has 0 bridgehead atoms. The Morgan fingerprint density at radius 2 is 1.65 bits per heavy atom. The van der Waals surface area contributed by atoms with Gasteiger partial charge in [0.15, 0.2) is 6.61 Å². The van der Waals surface area contributed by atoms with Crippen LogP contribution in [-0.2, 0) is 15.6 Å². The lowest BCUT2D eigenvalue weighted by Crippen LogP contribution is -2.34. The lowest BCUT2D eigenvalue weighted by Gasteiger charge is -2.19. The van der Waals surface area contributed by atoms with Gasteiger partial charge in [-0.3, -0.25) is 4.79 Å². The number of rotatable bonds is 11. The van der Waals surface area contributed by atoms with Crippen molar-refractivity contribution in [2.75, 3.05) is 29.5 Å². The molecule has 2 aromatic carbocycles. The summed E-state index contributed by atoms with van der Waals surface area (Å²) in [5.41, 5.74) is 6.01. The summed E-state index contributed by atoms with van der Waals surface area (Å²) in [6, 6.07) is 12.1. The van der Waals surface area contributed by atoms with Crippen LogP contribution < -0.4 is 25.8 Å². The number of hydrogen-bond acceptors (Lipinski definition) is 10. The number of nitrogens with one attached hydrogen (secondary N) is 3. The maximum atomic E-state index is 12.8. The van der Waals surface area contributed by atoms with Gasteiger partial charge in [0.05, 0.1) is 11.3 Å². The second kappa shape index (κ2) is 12.4. The first-order chi connectivity index (χ1) is 18.4. The largest absolute Gasteiger partial charge is 0.454 e. The standard InChI is InChI=1S/C23H23ClF3N7O4S.ClH/c24-16-5-3-15(4-6-16)22(9-10-22)33-20-30-19(31-21(32-20)38-13-23(25,26)27)29-17-7-1-14(2-8-17)18(35)34-39(36,37)12-11-28;/h1-8H,9-13,28H2,(H,34,35)(H2,29,30,31,32,33);1H. The normalized spacial score (nSPS) is 14.0. The Bertz CT molecular complexity index is 1440. The van der Waals surface area contributed by atoms with E-state index >= 15 is 0 Å². The fourth-order valence-corrected chi connectivity index (χ4v) is 4.45. The van der Waals surface area contributed by atoms with Crippen LogP contribution in [0.15, 0.2) is 48.5 Å². The Kier molecular flexibility index (Phi) is 9.66. The third-order valence-corrected chi connectivity index (χ3v) is 7.04. The third-order valence-electron chi connectivity index (χ3n) is 5.52. The highest BCUT2D eigenvalue weighted by molar-refractivity contribution is 7.90. The van der Waals surface area contributed by atoms with Gasteiger partial charge in [0.1, 0.15) is 0 Å². The SMILES string of the molecule is Cl.NCCS(=O)(=O)NC(=O)c1ccc(Nc2nc(NC3(c4ccc(Cl)cc4)CC3)nc(OCC(F)(F)F)n2)cc1. The van der Waals surface area contributed by atoms with E-state index in [9.17, 15) is 26.4 Å². The van der Waals surface area contributed by atoms with Crippen LogP contribution in [0.5, 0.6) is 6.01 Å². The molecule has 5 N–H and O–H groups in total. The number of carbonyl (C=O) groups is 1. The van der Waals surface area contributed by atoms with Gasteiger partial charge < -0.3 is 21.1 Å². The van der Waals surface area contributed by atoms with E-state index in [-0.39, 0.29) is 36.4 Å². The molecule has 1 aliphatic rings. The predicted molar refractivity (Wildman–Crippen MR) is 145 cm³/mol. The molecular formula is C23H24Cl2F3N7O4S. The number of carbonyl (C=O) groups excluding carboxylic acids is 1. The Morgan fingerprint density at radius 3 is 2.23 bits per heavy atom. The first-order valence-electron chi connectivity index (χ1n) is 11.5. The Balaban J connectivity index is 0.00000441. The van der Waals surface area contributed by atoms with E-state index in [1.807, 2.05) is 16.9 Å². The molecule has 1 fully saturated rings. The van der Waals surface area contributed by atoms with Crippen molar-refractivity contribution in [3.63, 3.8) is 0 Å². The van der Waals surface area contributed by atoms with E-state index in [4.69, 9.17) is 22.1 Å². The zero-order valence-corrected chi connectivity index (χ0v) is 22.9. The summed E-state index contributed by atoms with van der Waals surface area (Å²) in [5, 5.41) is 6.54. The number of nitrogens with zero attached hydrogens (tertiary/aromatic N) is 3. The van der Waals surface area contributed by atoms with Crippen molar-refractivity contribution in [1.29, 1.82) is 0 Å². The number of hydrogen-bond donors (Lipinski definition) is 4. The third kappa shape index (κ3) is 8.55. The molecule has 1 aromatic heterocycles. The molecule has 40 heavy (non-hydrogen) atoms. The van der Waals surface area contributed by atoms with Crippen LogP contribution in [0.4, 0.5) is 30.8 Å². The average Bonchev–Trinajstić information content (AvgIpc) is 3.63. The van der Waals surface area contributed by atoms with Gasteiger partial charge in [-0.15, -0.1) is 12.4 Å². The van der Waals surface area contributed by atoms with Crippen molar-refractivity contribution < 1.29 is 31.1 Å². The number of ether oxygens (including phenoxy) is 1. The number of sulfonamides is 1. The summed E-state index contributed by atoms with van der Waals surface area (Å²) < 4.78 is 68.5.